The Morgan fingerprint density at radius 3 is 2.31 bits per heavy atom. The number of nitrogens with one attached hydrogen (secondary N) is 2. The lowest BCUT2D eigenvalue weighted by Gasteiger charge is -2.29. The number of rotatable bonds is 8. The highest BCUT2D eigenvalue weighted by Crippen LogP contribution is 2.13. The summed E-state index contributed by atoms with van der Waals surface area (Å²) in [5.74, 6) is 1.54. The van der Waals surface area contributed by atoms with Crippen molar-refractivity contribution in [2.45, 2.75) is 32.9 Å². The zero-order valence-electron chi connectivity index (χ0n) is 16.4. The SMILES string of the molecule is CCOc1ccc(CN(C)C(=NC)NCC(C)(C)NS(C)(=O)=O)cc1.I. The van der Waals surface area contributed by atoms with Gasteiger partial charge in [-0.1, -0.05) is 12.1 Å². The van der Waals surface area contributed by atoms with Gasteiger partial charge in [-0.3, -0.25) is 4.99 Å². The molecule has 0 aliphatic heterocycles. The molecule has 0 aromatic heterocycles. The molecule has 0 atom stereocenters. The molecule has 150 valence electrons. The predicted molar refractivity (Wildman–Crippen MR) is 118 cm³/mol. The number of sulfonamides is 1. The van der Waals surface area contributed by atoms with E-state index in [1.165, 1.54) is 0 Å². The smallest absolute Gasteiger partial charge is 0.209 e. The lowest BCUT2D eigenvalue weighted by molar-refractivity contribution is 0.340. The molecule has 0 aliphatic carbocycles. The van der Waals surface area contributed by atoms with Crippen molar-refractivity contribution in [3.05, 3.63) is 29.8 Å². The number of hydrogen-bond acceptors (Lipinski definition) is 4. The fourth-order valence-corrected chi connectivity index (χ4v) is 3.51. The van der Waals surface area contributed by atoms with Crippen molar-refractivity contribution in [2.75, 3.05) is 33.5 Å². The largest absolute Gasteiger partial charge is 0.494 e. The molecule has 0 unspecified atom stereocenters. The standard InChI is InChI=1S/C17H30N4O3S.HI/c1-7-24-15-10-8-14(9-11-15)12-21(5)16(18-4)19-13-17(2,3)20-25(6,22)23;/h8-11,20H,7,12-13H2,1-6H3,(H,18,19);1H. The number of benzene rings is 1. The van der Waals surface area contributed by atoms with Crippen LogP contribution in [0.4, 0.5) is 0 Å². The summed E-state index contributed by atoms with van der Waals surface area (Å²) in [6, 6.07) is 7.93. The molecule has 1 rings (SSSR count). The molecule has 0 bridgehead atoms. The summed E-state index contributed by atoms with van der Waals surface area (Å²) < 4.78 is 30.9. The average Bonchev–Trinajstić information content (AvgIpc) is 2.47. The molecule has 7 nitrogen and oxygen atoms in total. The molecular formula is C17H31IN4O3S. The molecule has 26 heavy (non-hydrogen) atoms. The molecule has 9 heteroatoms. The van der Waals surface area contributed by atoms with E-state index >= 15 is 0 Å². The van der Waals surface area contributed by atoms with E-state index in [2.05, 4.69) is 15.0 Å². The summed E-state index contributed by atoms with van der Waals surface area (Å²) in [7, 11) is 0.366. The highest BCUT2D eigenvalue weighted by atomic mass is 127. The highest BCUT2D eigenvalue weighted by molar-refractivity contribution is 14.0. The predicted octanol–water partition coefficient (Wildman–Crippen LogP) is 2.04. The Balaban J connectivity index is 0.00000625. The Labute approximate surface area is 174 Å². The Morgan fingerprint density at radius 1 is 1.27 bits per heavy atom. The van der Waals surface area contributed by atoms with Crippen molar-refractivity contribution in [1.82, 2.24) is 14.9 Å². The van der Waals surface area contributed by atoms with Crippen LogP contribution < -0.4 is 14.8 Å². The number of halogens is 1. The monoisotopic (exact) mass is 498 g/mol. The zero-order valence-corrected chi connectivity index (χ0v) is 19.5. The van der Waals surface area contributed by atoms with Crippen LogP contribution in [0.15, 0.2) is 29.3 Å². The van der Waals surface area contributed by atoms with Gasteiger partial charge in [0.1, 0.15) is 5.75 Å². The fraction of sp³-hybridized carbons (Fsp3) is 0.588. The molecule has 0 fully saturated rings. The first-order chi connectivity index (χ1) is 11.6. The van der Waals surface area contributed by atoms with Crippen molar-refractivity contribution in [1.29, 1.82) is 0 Å². The molecule has 0 aliphatic rings. The molecular weight excluding hydrogens is 467 g/mol. The third-order valence-electron chi connectivity index (χ3n) is 3.38. The maximum Gasteiger partial charge on any atom is 0.209 e. The summed E-state index contributed by atoms with van der Waals surface area (Å²) in [6.45, 7) is 7.33. The van der Waals surface area contributed by atoms with Crippen LogP contribution in [0.5, 0.6) is 5.75 Å². The van der Waals surface area contributed by atoms with Gasteiger partial charge in [-0.2, -0.15) is 0 Å². The molecule has 0 amide bonds. The molecule has 1 aromatic carbocycles. The number of nitrogens with zero attached hydrogens (tertiary/aromatic N) is 2. The van der Waals surface area contributed by atoms with E-state index in [9.17, 15) is 8.42 Å². The highest BCUT2D eigenvalue weighted by Gasteiger charge is 2.22. The van der Waals surface area contributed by atoms with Crippen LogP contribution in [0.25, 0.3) is 0 Å². The summed E-state index contributed by atoms with van der Waals surface area (Å²) in [6.07, 6.45) is 1.15. The van der Waals surface area contributed by atoms with E-state index in [1.807, 2.05) is 57.0 Å². The zero-order chi connectivity index (χ0) is 19.1. The second-order valence-electron chi connectivity index (χ2n) is 6.59. The van der Waals surface area contributed by atoms with Gasteiger partial charge in [0, 0.05) is 32.7 Å². The van der Waals surface area contributed by atoms with Crippen molar-refractivity contribution in [2.24, 2.45) is 4.99 Å². The molecule has 1 aromatic rings. The topological polar surface area (TPSA) is 83.0 Å². The van der Waals surface area contributed by atoms with E-state index < -0.39 is 15.6 Å². The van der Waals surface area contributed by atoms with Gasteiger partial charge in [-0.15, -0.1) is 24.0 Å². The number of aliphatic imine (C=N–C) groups is 1. The van der Waals surface area contributed by atoms with Crippen LogP contribution in [0, 0.1) is 0 Å². The van der Waals surface area contributed by atoms with Crippen LogP contribution in [0.1, 0.15) is 26.3 Å². The summed E-state index contributed by atoms with van der Waals surface area (Å²) in [5, 5.41) is 3.21. The first-order valence-corrected chi connectivity index (χ1v) is 10.1. The summed E-state index contributed by atoms with van der Waals surface area (Å²) in [4.78, 5) is 6.24. The molecule has 2 N–H and O–H groups in total. The first-order valence-electron chi connectivity index (χ1n) is 8.19. The summed E-state index contributed by atoms with van der Waals surface area (Å²) in [5.41, 5.74) is 0.506. The molecule has 0 saturated heterocycles. The third kappa shape index (κ3) is 9.58. The lowest BCUT2D eigenvalue weighted by Crippen LogP contribution is -2.53. The van der Waals surface area contributed by atoms with E-state index in [0.717, 1.165) is 17.6 Å². The lowest BCUT2D eigenvalue weighted by atomic mass is 10.1. The van der Waals surface area contributed by atoms with E-state index in [0.29, 0.717) is 25.7 Å². The van der Waals surface area contributed by atoms with Gasteiger partial charge in [0.2, 0.25) is 10.0 Å². The van der Waals surface area contributed by atoms with Gasteiger partial charge in [0.25, 0.3) is 0 Å². The van der Waals surface area contributed by atoms with Crippen molar-refractivity contribution >= 4 is 40.0 Å². The number of guanidine groups is 1. The number of hydrogen-bond donors (Lipinski definition) is 2. The minimum absolute atomic E-state index is 0. The average molecular weight is 498 g/mol. The Morgan fingerprint density at radius 2 is 1.85 bits per heavy atom. The van der Waals surface area contributed by atoms with Crippen LogP contribution in [0.3, 0.4) is 0 Å². The minimum Gasteiger partial charge on any atom is -0.494 e. The maximum absolute atomic E-state index is 11.4. The van der Waals surface area contributed by atoms with Gasteiger partial charge in [0.15, 0.2) is 5.96 Å². The Hall–Kier alpha value is -1.07. The van der Waals surface area contributed by atoms with Crippen LogP contribution in [-0.4, -0.2) is 58.3 Å². The van der Waals surface area contributed by atoms with Gasteiger partial charge >= 0.3 is 0 Å². The molecule has 0 radical (unpaired) electrons. The fourth-order valence-electron chi connectivity index (χ4n) is 2.43. The Kier molecular flexibility index (Phi) is 10.5. The number of ether oxygens (including phenoxy) is 1. The van der Waals surface area contributed by atoms with Gasteiger partial charge in [-0.25, -0.2) is 13.1 Å². The van der Waals surface area contributed by atoms with E-state index in [1.54, 1.807) is 7.05 Å². The van der Waals surface area contributed by atoms with Crippen molar-refractivity contribution < 1.29 is 13.2 Å². The van der Waals surface area contributed by atoms with Crippen LogP contribution in [0.2, 0.25) is 0 Å². The molecule has 0 saturated carbocycles. The van der Waals surface area contributed by atoms with Crippen molar-refractivity contribution in [3.8, 4) is 5.75 Å². The van der Waals surface area contributed by atoms with Crippen molar-refractivity contribution in [3.63, 3.8) is 0 Å². The normalized spacial score (nSPS) is 12.3. The first kappa shape index (κ1) is 24.9. The van der Waals surface area contributed by atoms with Crippen LogP contribution in [-0.2, 0) is 16.6 Å². The second-order valence-corrected chi connectivity index (χ2v) is 8.34. The molecule has 0 heterocycles. The van der Waals surface area contributed by atoms with Gasteiger partial charge in [0.05, 0.1) is 12.9 Å². The maximum atomic E-state index is 11.4. The van der Waals surface area contributed by atoms with E-state index in [-0.39, 0.29) is 24.0 Å². The van der Waals surface area contributed by atoms with Crippen LogP contribution >= 0.6 is 24.0 Å². The van der Waals surface area contributed by atoms with Gasteiger partial charge in [-0.05, 0) is 38.5 Å². The molecule has 0 spiro atoms. The quantitative estimate of drug-likeness (QED) is 0.326. The third-order valence-corrected chi connectivity index (χ3v) is 4.30. The van der Waals surface area contributed by atoms with Gasteiger partial charge < -0.3 is 15.0 Å². The Bertz CT molecular complexity index is 676. The minimum atomic E-state index is -3.27. The van der Waals surface area contributed by atoms with E-state index in [4.69, 9.17) is 4.74 Å². The second kappa shape index (κ2) is 10.9. The summed E-state index contributed by atoms with van der Waals surface area (Å²) >= 11 is 0.